The summed E-state index contributed by atoms with van der Waals surface area (Å²) in [5, 5.41) is 21.3. The van der Waals surface area contributed by atoms with Gasteiger partial charge in [0.1, 0.15) is 11.1 Å². The van der Waals surface area contributed by atoms with Crippen molar-refractivity contribution in [1.82, 2.24) is 15.5 Å². The molecule has 0 aliphatic carbocycles. The monoisotopic (exact) mass is 740 g/mol. The molecule has 0 heterocycles. The highest BCUT2D eigenvalue weighted by Gasteiger charge is 2.34. The summed E-state index contributed by atoms with van der Waals surface area (Å²) in [4.78, 5) is 53.0. The molecule has 0 aliphatic heterocycles. The highest BCUT2D eigenvalue weighted by atomic mass is 16.7. The van der Waals surface area contributed by atoms with Crippen LogP contribution in [0.4, 0.5) is 10.5 Å². The number of nitro groups is 1. The highest BCUT2D eigenvalue weighted by molar-refractivity contribution is 5.92. The molecule has 5 aromatic carbocycles. The number of primary amides is 1. The maximum absolute atomic E-state index is 14.7. The minimum absolute atomic E-state index is 0.0310. The molecular weight excluding hydrogens is 697 g/mol. The van der Waals surface area contributed by atoms with E-state index >= 15 is 0 Å². The Morgan fingerprint density at radius 1 is 0.691 bits per heavy atom. The second-order valence-corrected chi connectivity index (χ2v) is 12.8. The van der Waals surface area contributed by atoms with E-state index in [4.69, 9.17) is 11.5 Å². The third-order valence-electron chi connectivity index (χ3n) is 9.09. The lowest BCUT2D eigenvalue weighted by Crippen LogP contribution is -2.49. The summed E-state index contributed by atoms with van der Waals surface area (Å²) in [5.74, 6) is -2.21. The minimum Gasteiger partial charge on any atom is -0.368 e. The average molecular weight is 741 g/mol. The van der Waals surface area contributed by atoms with Crippen LogP contribution in [0.2, 0.25) is 0 Å². The number of urea groups is 1. The van der Waals surface area contributed by atoms with E-state index in [1.54, 1.807) is 24.3 Å². The molecule has 1 atom stereocenters. The Labute approximate surface area is 319 Å². The molecule has 282 valence electrons. The molecule has 0 aromatic heterocycles. The molecule has 7 N–H and O–H groups in total. The fourth-order valence-corrected chi connectivity index (χ4v) is 6.42. The van der Waals surface area contributed by atoms with E-state index in [0.29, 0.717) is 24.2 Å². The number of hydrazone groups is 1. The van der Waals surface area contributed by atoms with E-state index in [1.165, 1.54) is 4.90 Å². The number of rotatable bonds is 17. The van der Waals surface area contributed by atoms with Gasteiger partial charge in [-0.1, -0.05) is 133 Å². The second-order valence-electron chi connectivity index (χ2n) is 12.8. The first-order valence-electron chi connectivity index (χ1n) is 17.8. The van der Waals surface area contributed by atoms with E-state index in [9.17, 15) is 24.5 Å². The summed E-state index contributed by atoms with van der Waals surface area (Å²) in [6.07, 6.45) is 0.433. The van der Waals surface area contributed by atoms with Gasteiger partial charge in [0, 0.05) is 31.2 Å². The van der Waals surface area contributed by atoms with Crippen LogP contribution in [0.3, 0.4) is 0 Å². The van der Waals surface area contributed by atoms with Crippen molar-refractivity contribution in [2.45, 2.75) is 37.3 Å². The molecule has 0 saturated carbocycles. The van der Waals surface area contributed by atoms with E-state index in [0.717, 1.165) is 22.3 Å². The standard InChI is InChI=1S/C42H44N8O5/c43-39(51)37(22-13-27-45-41(44)48-50(54)55)49(40(52)38(33-18-9-3-10-19-33)34-20-11-4-12-21-34)29-30-23-25-35(26-24-30)47-42(53)46-28-36(31-14-5-1-6-15-31)32-16-7-2-8-17-32/h1-12,14-21,23-26,36-38H,13,22,27-29H2,(H2,43,51)(H3,44,45,48)(H2,46,47,53)/t37-/m1/s1. The Hall–Kier alpha value is -7.02. The van der Waals surface area contributed by atoms with Crippen LogP contribution in [-0.2, 0) is 16.1 Å². The van der Waals surface area contributed by atoms with Crippen molar-refractivity contribution >= 4 is 29.5 Å². The van der Waals surface area contributed by atoms with Gasteiger partial charge in [-0.25, -0.2) is 14.9 Å². The molecule has 0 spiro atoms. The SMILES string of the molecule is NC(=O)[C@@H](CCCNC(N)=N[N+](=O)[O-])N(Cc1ccc(NC(=O)NCC(c2ccccc2)c2ccccc2)cc1)C(=O)C(c1ccccc1)c1ccccc1. The molecule has 5 rings (SSSR count). The zero-order valence-electron chi connectivity index (χ0n) is 30.2. The largest absolute Gasteiger partial charge is 0.368 e. The molecule has 5 aromatic rings. The topological polar surface area (TPSA) is 198 Å². The zero-order chi connectivity index (χ0) is 39.0. The first-order valence-corrected chi connectivity index (χ1v) is 17.8. The smallest absolute Gasteiger partial charge is 0.319 e. The van der Waals surface area contributed by atoms with Crippen LogP contribution >= 0.6 is 0 Å². The first-order chi connectivity index (χ1) is 26.7. The Morgan fingerprint density at radius 2 is 1.18 bits per heavy atom. The number of hydrogen-bond acceptors (Lipinski definition) is 5. The van der Waals surface area contributed by atoms with Gasteiger partial charge < -0.3 is 32.3 Å². The fourth-order valence-electron chi connectivity index (χ4n) is 6.42. The van der Waals surface area contributed by atoms with Gasteiger partial charge in [0.05, 0.1) is 5.92 Å². The number of carbonyl (C=O) groups excluding carboxylic acids is 3. The van der Waals surface area contributed by atoms with Crippen LogP contribution in [0.15, 0.2) is 151 Å². The predicted octanol–water partition coefficient (Wildman–Crippen LogP) is 5.53. The molecule has 0 unspecified atom stereocenters. The quantitative estimate of drug-likeness (QED) is 0.0271. The van der Waals surface area contributed by atoms with Crippen LogP contribution in [0.5, 0.6) is 0 Å². The predicted molar refractivity (Wildman–Crippen MR) is 212 cm³/mol. The lowest BCUT2D eigenvalue weighted by molar-refractivity contribution is -0.485. The summed E-state index contributed by atoms with van der Waals surface area (Å²) in [6.45, 7) is 0.553. The first kappa shape index (κ1) is 39.2. The minimum atomic E-state index is -1.04. The number of hydrogen-bond donors (Lipinski definition) is 5. The zero-order valence-corrected chi connectivity index (χ0v) is 30.2. The molecule has 0 radical (unpaired) electrons. The van der Waals surface area contributed by atoms with Gasteiger partial charge in [0.2, 0.25) is 11.8 Å². The number of guanidine groups is 1. The number of benzene rings is 5. The number of nitrogens with two attached hydrogens (primary N) is 2. The average Bonchev–Trinajstić information content (AvgIpc) is 3.19. The fraction of sp³-hybridized carbons (Fsp3) is 0.190. The second kappa shape index (κ2) is 19.7. The van der Waals surface area contributed by atoms with Crippen LogP contribution in [0.25, 0.3) is 0 Å². The van der Waals surface area contributed by atoms with E-state index < -0.39 is 22.9 Å². The lowest BCUT2D eigenvalue weighted by Gasteiger charge is -2.33. The van der Waals surface area contributed by atoms with Crippen molar-refractivity contribution in [3.05, 3.63) is 184 Å². The Bertz CT molecular complexity index is 1950. The van der Waals surface area contributed by atoms with Crippen molar-refractivity contribution < 1.29 is 19.4 Å². The van der Waals surface area contributed by atoms with Crippen LogP contribution < -0.4 is 27.4 Å². The molecule has 4 amide bonds. The maximum Gasteiger partial charge on any atom is 0.319 e. The third-order valence-corrected chi connectivity index (χ3v) is 9.09. The van der Waals surface area contributed by atoms with Crippen molar-refractivity contribution in [3.8, 4) is 0 Å². The molecule has 13 nitrogen and oxygen atoms in total. The van der Waals surface area contributed by atoms with Gasteiger partial charge >= 0.3 is 6.03 Å². The summed E-state index contributed by atoms with van der Waals surface area (Å²) in [7, 11) is 0. The summed E-state index contributed by atoms with van der Waals surface area (Å²) < 4.78 is 0. The van der Waals surface area contributed by atoms with Gasteiger partial charge in [0.15, 0.2) is 5.03 Å². The van der Waals surface area contributed by atoms with Gasteiger partial charge in [-0.3, -0.25) is 9.59 Å². The van der Waals surface area contributed by atoms with Crippen molar-refractivity contribution in [1.29, 1.82) is 0 Å². The van der Waals surface area contributed by atoms with Crippen molar-refractivity contribution in [2.75, 3.05) is 18.4 Å². The van der Waals surface area contributed by atoms with Gasteiger partial charge in [-0.2, -0.15) is 0 Å². The van der Waals surface area contributed by atoms with Crippen molar-refractivity contribution in [2.24, 2.45) is 16.6 Å². The molecule has 13 heteroatoms. The number of nitrogens with one attached hydrogen (secondary N) is 3. The number of anilines is 1. The van der Waals surface area contributed by atoms with E-state index in [-0.39, 0.29) is 43.3 Å². The Kier molecular flexibility index (Phi) is 14.0. The van der Waals surface area contributed by atoms with Crippen LogP contribution in [-0.4, -0.2) is 52.9 Å². The molecule has 0 bridgehead atoms. The Balaban J connectivity index is 1.34. The van der Waals surface area contributed by atoms with Gasteiger partial charge in [-0.05, 0) is 52.8 Å². The summed E-state index contributed by atoms with van der Waals surface area (Å²) in [5.41, 5.74) is 16.4. The van der Waals surface area contributed by atoms with Gasteiger partial charge in [0.25, 0.3) is 5.96 Å². The molecule has 0 aliphatic rings. The third kappa shape index (κ3) is 11.5. The lowest BCUT2D eigenvalue weighted by atomic mass is 9.89. The van der Waals surface area contributed by atoms with E-state index in [1.807, 2.05) is 121 Å². The van der Waals surface area contributed by atoms with Crippen LogP contribution in [0.1, 0.15) is 52.5 Å². The summed E-state index contributed by atoms with van der Waals surface area (Å²) >= 11 is 0. The number of amides is 4. The number of nitrogens with zero attached hydrogens (tertiary/aromatic N) is 3. The van der Waals surface area contributed by atoms with Crippen LogP contribution in [0, 0.1) is 10.1 Å². The molecule has 0 saturated heterocycles. The molecule has 55 heavy (non-hydrogen) atoms. The summed E-state index contributed by atoms with van der Waals surface area (Å²) in [6, 6.07) is 44.1. The van der Waals surface area contributed by atoms with Gasteiger partial charge in [-0.15, -0.1) is 0 Å². The number of carbonyl (C=O) groups is 3. The molecule has 0 fully saturated rings. The molecular formula is C42H44N8O5. The maximum atomic E-state index is 14.7. The highest BCUT2D eigenvalue weighted by Crippen LogP contribution is 2.30. The Morgan fingerprint density at radius 3 is 1.65 bits per heavy atom. The normalized spacial score (nSPS) is 11.8. The van der Waals surface area contributed by atoms with E-state index in [2.05, 4.69) is 21.1 Å². The van der Waals surface area contributed by atoms with Crippen molar-refractivity contribution in [3.63, 3.8) is 0 Å².